The van der Waals surface area contributed by atoms with E-state index >= 15 is 0 Å². The monoisotopic (exact) mass is 354 g/mol. The molecule has 2 aliphatic carbocycles. The number of ether oxygens (including phenoxy) is 1. The SMILES string of the molecule is O=C(CCCOc1ccc(Cl)cc1Cl)N/N=C1/CC2CCC1C2. The zero-order chi connectivity index (χ0) is 16.2. The van der Waals surface area contributed by atoms with Gasteiger partial charge in [0.25, 0.3) is 0 Å². The predicted octanol–water partition coefficient (Wildman–Crippen LogP) is 4.44. The highest BCUT2D eigenvalue weighted by Crippen LogP contribution is 2.42. The molecule has 1 aromatic carbocycles. The fourth-order valence-corrected chi connectivity index (χ4v) is 3.82. The van der Waals surface area contributed by atoms with Gasteiger partial charge in [0, 0.05) is 17.2 Å². The molecule has 0 aromatic heterocycles. The summed E-state index contributed by atoms with van der Waals surface area (Å²) in [6.07, 6.45) is 5.86. The molecule has 2 aliphatic rings. The molecule has 6 heteroatoms. The maximum Gasteiger partial charge on any atom is 0.240 e. The van der Waals surface area contributed by atoms with E-state index in [1.165, 1.54) is 25.0 Å². The van der Waals surface area contributed by atoms with E-state index in [2.05, 4.69) is 10.5 Å². The molecule has 0 aliphatic heterocycles. The van der Waals surface area contributed by atoms with E-state index in [1.807, 2.05) is 0 Å². The average molecular weight is 355 g/mol. The van der Waals surface area contributed by atoms with Gasteiger partial charge in [-0.05, 0) is 62.1 Å². The third kappa shape index (κ3) is 4.39. The Morgan fingerprint density at radius 3 is 2.91 bits per heavy atom. The second-order valence-corrected chi connectivity index (χ2v) is 7.09. The van der Waals surface area contributed by atoms with Gasteiger partial charge in [-0.25, -0.2) is 5.43 Å². The summed E-state index contributed by atoms with van der Waals surface area (Å²) in [6, 6.07) is 5.09. The van der Waals surface area contributed by atoms with Gasteiger partial charge in [-0.3, -0.25) is 4.79 Å². The first-order valence-corrected chi connectivity index (χ1v) is 8.80. The Morgan fingerprint density at radius 2 is 2.22 bits per heavy atom. The Kier molecular flexibility index (Phi) is 5.44. The third-order valence-corrected chi connectivity index (χ3v) is 5.06. The highest BCUT2D eigenvalue weighted by molar-refractivity contribution is 6.35. The number of nitrogens with one attached hydrogen (secondary N) is 1. The van der Waals surface area contributed by atoms with E-state index in [4.69, 9.17) is 27.9 Å². The first-order valence-electron chi connectivity index (χ1n) is 8.05. The highest BCUT2D eigenvalue weighted by Gasteiger charge is 2.36. The zero-order valence-corrected chi connectivity index (χ0v) is 14.4. The lowest BCUT2D eigenvalue weighted by Crippen LogP contribution is -2.22. The second-order valence-electron chi connectivity index (χ2n) is 6.25. The Balaban J connectivity index is 1.36. The molecule has 2 unspecified atom stereocenters. The van der Waals surface area contributed by atoms with Crippen molar-refractivity contribution in [2.75, 3.05) is 6.61 Å². The van der Waals surface area contributed by atoms with Crippen LogP contribution in [0, 0.1) is 11.8 Å². The van der Waals surface area contributed by atoms with E-state index in [1.54, 1.807) is 18.2 Å². The lowest BCUT2D eigenvalue weighted by atomic mass is 9.99. The molecule has 2 bridgehead atoms. The highest BCUT2D eigenvalue weighted by atomic mass is 35.5. The summed E-state index contributed by atoms with van der Waals surface area (Å²) in [5.74, 6) is 1.92. The molecule has 0 spiro atoms. The minimum absolute atomic E-state index is 0.0638. The molecular formula is C17H20Cl2N2O2. The van der Waals surface area contributed by atoms with E-state index in [0.717, 1.165) is 12.3 Å². The zero-order valence-electron chi connectivity index (χ0n) is 12.9. The van der Waals surface area contributed by atoms with Gasteiger partial charge in [0.15, 0.2) is 0 Å². The van der Waals surface area contributed by atoms with Crippen LogP contribution in [0.2, 0.25) is 10.0 Å². The van der Waals surface area contributed by atoms with Crippen molar-refractivity contribution in [1.82, 2.24) is 5.43 Å². The molecule has 0 saturated heterocycles. The van der Waals surface area contributed by atoms with Crippen LogP contribution in [0.5, 0.6) is 5.75 Å². The van der Waals surface area contributed by atoms with Crippen LogP contribution < -0.4 is 10.2 Å². The summed E-state index contributed by atoms with van der Waals surface area (Å²) in [5.41, 5.74) is 3.86. The Morgan fingerprint density at radius 1 is 1.35 bits per heavy atom. The number of benzene rings is 1. The van der Waals surface area contributed by atoms with Crippen LogP contribution in [0.1, 0.15) is 38.5 Å². The fourth-order valence-electron chi connectivity index (χ4n) is 3.36. The van der Waals surface area contributed by atoms with Crippen LogP contribution >= 0.6 is 23.2 Å². The van der Waals surface area contributed by atoms with Crippen molar-refractivity contribution in [2.45, 2.75) is 38.5 Å². The van der Waals surface area contributed by atoms with Crippen LogP contribution in [0.4, 0.5) is 0 Å². The molecule has 3 rings (SSSR count). The van der Waals surface area contributed by atoms with Gasteiger partial charge >= 0.3 is 0 Å². The Hall–Kier alpha value is -1.26. The van der Waals surface area contributed by atoms with E-state index in [0.29, 0.717) is 41.2 Å². The number of fused-ring (bicyclic) bond motifs is 2. The molecule has 1 aromatic rings. The summed E-state index contributed by atoms with van der Waals surface area (Å²) >= 11 is 11.8. The second kappa shape index (κ2) is 7.54. The number of carbonyl (C=O) groups is 1. The van der Waals surface area contributed by atoms with Crippen LogP contribution in [0.15, 0.2) is 23.3 Å². The lowest BCUT2D eigenvalue weighted by molar-refractivity contribution is -0.121. The van der Waals surface area contributed by atoms with Crippen molar-refractivity contribution in [3.8, 4) is 5.75 Å². The molecule has 1 amide bonds. The number of carbonyl (C=O) groups excluding carboxylic acids is 1. The van der Waals surface area contributed by atoms with Gasteiger partial charge in [0.05, 0.1) is 11.6 Å². The van der Waals surface area contributed by atoms with Crippen molar-refractivity contribution in [2.24, 2.45) is 16.9 Å². The molecule has 23 heavy (non-hydrogen) atoms. The first kappa shape index (κ1) is 16.6. The third-order valence-electron chi connectivity index (χ3n) is 4.53. The van der Waals surface area contributed by atoms with Crippen molar-refractivity contribution in [3.05, 3.63) is 28.2 Å². The van der Waals surface area contributed by atoms with Gasteiger partial charge in [-0.15, -0.1) is 0 Å². The van der Waals surface area contributed by atoms with Gasteiger partial charge in [0.1, 0.15) is 5.75 Å². The Bertz CT molecular complexity index is 619. The molecule has 1 N–H and O–H groups in total. The number of hydrogen-bond acceptors (Lipinski definition) is 3. The van der Waals surface area contributed by atoms with Crippen LogP contribution in [-0.4, -0.2) is 18.2 Å². The van der Waals surface area contributed by atoms with E-state index in [9.17, 15) is 4.79 Å². The van der Waals surface area contributed by atoms with E-state index < -0.39 is 0 Å². The van der Waals surface area contributed by atoms with Gasteiger partial charge in [-0.1, -0.05) is 23.2 Å². The van der Waals surface area contributed by atoms with Crippen molar-refractivity contribution >= 4 is 34.8 Å². The van der Waals surface area contributed by atoms with Crippen LogP contribution in [0.25, 0.3) is 0 Å². The first-order chi connectivity index (χ1) is 11.1. The standard InChI is InChI=1S/C17H20Cl2N2O2/c18-13-5-6-16(14(19)10-13)23-7-1-2-17(22)21-20-15-9-11-3-4-12(15)8-11/h5-6,10-12H,1-4,7-9H2,(H,21,22)/b20-15-. The predicted molar refractivity (Wildman–Crippen MR) is 92.2 cm³/mol. The van der Waals surface area contributed by atoms with Crippen molar-refractivity contribution in [1.29, 1.82) is 0 Å². The number of nitrogens with zero attached hydrogens (tertiary/aromatic N) is 1. The molecule has 2 saturated carbocycles. The summed E-state index contributed by atoms with van der Waals surface area (Å²) in [4.78, 5) is 11.8. The summed E-state index contributed by atoms with van der Waals surface area (Å²) in [5, 5.41) is 5.35. The quantitative estimate of drug-likeness (QED) is 0.606. The van der Waals surface area contributed by atoms with Crippen LogP contribution in [-0.2, 0) is 4.79 Å². The number of halogens is 2. The number of hydrazone groups is 1. The number of rotatable bonds is 6. The maximum absolute atomic E-state index is 11.8. The molecule has 4 nitrogen and oxygen atoms in total. The fraction of sp³-hybridized carbons (Fsp3) is 0.529. The Labute approximate surface area is 146 Å². The van der Waals surface area contributed by atoms with Gasteiger partial charge < -0.3 is 4.74 Å². The van der Waals surface area contributed by atoms with Crippen LogP contribution in [0.3, 0.4) is 0 Å². The number of amides is 1. The van der Waals surface area contributed by atoms with Gasteiger partial charge in [0.2, 0.25) is 5.91 Å². The van der Waals surface area contributed by atoms with E-state index in [-0.39, 0.29) is 5.91 Å². The minimum atomic E-state index is -0.0638. The molecule has 124 valence electrons. The summed E-state index contributed by atoms with van der Waals surface area (Å²) in [6.45, 7) is 0.427. The minimum Gasteiger partial charge on any atom is -0.492 e. The molecule has 0 heterocycles. The maximum atomic E-state index is 11.8. The smallest absolute Gasteiger partial charge is 0.240 e. The molecular weight excluding hydrogens is 335 g/mol. The largest absolute Gasteiger partial charge is 0.492 e. The normalized spacial score (nSPS) is 24.2. The van der Waals surface area contributed by atoms with Gasteiger partial charge in [-0.2, -0.15) is 5.10 Å². The lowest BCUT2D eigenvalue weighted by Gasteiger charge is -2.11. The summed E-state index contributed by atoms with van der Waals surface area (Å²) < 4.78 is 5.55. The molecule has 2 fully saturated rings. The molecule has 2 atom stereocenters. The van der Waals surface area contributed by atoms with Crippen molar-refractivity contribution in [3.63, 3.8) is 0 Å². The van der Waals surface area contributed by atoms with Crippen molar-refractivity contribution < 1.29 is 9.53 Å². The average Bonchev–Trinajstić information content (AvgIpc) is 3.14. The summed E-state index contributed by atoms with van der Waals surface area (Å²) in [7, 11) is 0. The number of hydrogen-bond donors (Lipinski definition) is 1. The molecule has 0 radical (unpaired) electrons. The topological polar surface area (TPSA) is 50.7 Å².